The monoisotopic (exact) mass is 270 g/mol. The van der Waals surface area contributed by atoms with Crippen LogP contribution in [0, 0.1) is 11.3 Å². The molecule has 1 heterocycles. The van der Waals surface area contributed by atoms with Gasteiger partial charge in [0.15, 0.2) is 0 Å². The van der Waals surface area contributed by atoms with Crippen LogP contribution in [0.5, 0.6) is 0 Å². The number of carboxylic acid groups (broad SMARTS) is 1. The number of benzene rings is 1. The van der Waals surface area contributed by atoms with Crippen molar-refractivity contribution in [2.45, 2.75) is 13.1 Å². The van der Waals surface area contributed by atoms with Gasteiger partial charge in [0.05, 0.1) is 23.5 Å². The molecule has 1 aromatic carbocycles. The number of aromatic nitrogens is 2. The predicted molar refractivity (Wildman–Crippen MR) is 71.9 cm³/mol. The van der Waals surface area contributed by atoms with Gasteiger partial charge in [0.2, 0.25) is 0 Å². The van der Waals surface area contributed by atoms with E-state index in [1.807, 2.05) is 12.1 Å². The molecule has 0 spiro atoms. The van der Waals surface area contributed by atoms with E-state index in [1.165, 1.54) is 6.20 Å². The highest BCUT2D eigenvalue weighted by atomic mass is 16.4. The molecule has 102 valence electrons. The molecule has 2 N–H and O–H groups in total. The molecule has 1 aromatic heterocycles. The fourth-order valence-corrected chi connectivity index (χ4v) is 1.87. The van der Waals surface area contributed by atoms with Crippen LogP contribution in [0.2, 0.25) is 0 Å². The molecule has 0 aliphatic carbocycles. The number of hydrogen-bond donors (Lipinski definition) is 2. The number of nitrogens with zero attached hydrogens (tertiary/aromatic N) is 3. The maximum atomic E-state index is 11.0. The van der Waals surface area contributed by atoms with Crippen LogP contribution in [0.3, 0.4) is 0 Å². The number of nitriles is 1. The Bertz CT molecular complexity index is 653. The Labute approximate surface area is 116 Å². The number of nitrogens with one attached hydrogen (secondary N) is 1. The zero-order chi connectivity index (χ0) is 14.5. The van der Waals surface area contributed by atoms with Gasteiger partial charge in [-0.2, -0.15) is 10.4 Å². The number of hydrogen-bond acceptors (Lipinski definition) is 4. The Morgan fingerprint density at radius 1 is 1.40 bits per heavy atom. The minimum Gasteiger partial charge on any atom is -0.478 e. The highest BCUT2D eigenvalue weighted by molar-refractivity contribution is 5.88. The zero-order valence-corrected chi connectivity index (χ0v) is 11.0. The molecule has 0 aliphatic heterocycles. The van der Waals surface area contributed by atoms with Crippen molar-refractivity contribution in [1.82, 2.24) is 15.1 Å². The van der Waals surface area contributed by atoms with Crippen LogP contribution in [0.25, 0.3) is 0 Å². The SMILES string of the molecule is Cn1ncc(C(=O)O)c1CNCc1ccc(C#N)cc1. The second-order valence-corrected chi connectivity index (χ2v) is 4.35. The first-order valence-electron chi connectivity index (χ1n) is 6.05. The Morgan fingerprint density at radius 2 is 2.10 bits per heavy atom. The maximum absolute atomic E-state index is 11.0. The van der Waals surface area contributed by atoms with Crippen LogP contribution < -0.4 is 5.32 Å². The first kappa shape index (κ1) is 13.8. The van der Waals surface area contributed by atoms with Gasteiger partial charge in [-0.25, -0.2) is 4.79 Å². The van der Waals surface area contributed by atoms with Crippen LogP contribution in [0.15, 0.2) is 30.5 Å². The van der Waals surface area contributed by atoms with Gasteiger partial charge in [0.1, 0.15) is 5.56 Å². The summed E-state index contributed by atoms with van der Waals surface area (Å²) in [7, 11) is 1.71. The predicted octanol–water partition coefficient (Wildman–Crippen LogP) is 1.28. The smallest absolute Gasteiger partial charge is 0.339 e. The van der Waals surface area contributed by atoms with E-state index in [9.17, 15) is 4.79 Å². The van der Waals surface area contributed by atoms with Crippen LogP contribution >= 0.6 is 0 Å². The van der Waals surface area contributed by atoms with E-state index in [0.29, 0.717) is 24.3 Å². The molecule has 2 aromatic rings. The molecular formula is C14H14N4O2. The van der Waals surface area contributed by atoms with Gasteiger partial charge in [-0.05, 0) is 17.7 Å². The van der Waals surface area contributed by atoms with Crippen LogP contribution in [0.1, 0.15) is 27.2 Å². The summed E-state index contributed by atoms with van der Waals surface area (Å²) in [6, 6.07) is 9.31. The Hall–Kier alpha value is -2.65. The van der Waals surface area contributed by atoms with Crippen LogP contribution in [-0.4, -0.2) is 20.9 Å². The number of carboxylic acids is 1. The van der Waals surface area contributed by atoms with Crippen LogP contribution in [-0.2, 0) is 20.1 Å². The van der Waals surface area contributed by atoms with Crippen molar-refractivity contribution < 1.29 is 9.90 Å². The summed E-state index contributed by atoms with van der Waals surface area (Å²) < 4.78 is 1.55. The lowest BCUT2D eigenvalue weighted by molar-refractivity contribution is 0.0695. The van der Waals surface area contributed by atoms with Crippen molar-refractivity contribution >= 4 is 5.97 Å². The quantitative estimate of drug-likeness (QED) is 0.854. The van der Waals surface area contributed by atoms with Crippen LogP contribution in [0.4, 0.5) is 0 Å². The van der Waals surface area contributed by atoms with Gasteiger partial charge in [-0.1, -0.05) is 12.1 Å². The van der Waals surface area contributed by atoms with E-state index in [2.05, 4.69) is 16.5 Å². The van der Waals surface area contributed by atoms with Gasteiger partial charge in [-0.15, -0.1) is 0 Å². The zero-order valence-electron chi connectivity index (χ0n) is 11.0. The second-order valence-electron chi connectivity index (χ2n) is 4.35. The molecule has 0 bridgehead atoms. The lowest BCUT2D eigenvalue weighted by Crippen LogP contribution is -2.17. The molecule has 6 nitrogen and oxygen atoms in total. The van der Waals surface area contributed by atoms with Gasteiger partial charge in [-0.3, -0.25) is 4.68 Å². The summed E-state index contributed by atoms with van der Waals surface area (Å²) in [5, 5.41) is 24.9. The van der Waals surface area contributed by atoms with E-state index in [0.717, 1.165) is 5.56 Å². The minimum absolute atomic E-state index is 0.208. The number of rotatable bonds is 5. The van der Waals surface area contributed by atoms with Crippen molar-refractivity contribution in [3.63, 3.8) is 0 Å². The standard InChI is InChI=1S/C14H14N4O2/c1-18-13(12(8-17-18)14(19)20)9-16-7-11-4-2-10(6-15)3-5-11/h2-5,8,16H,7,9H2,1H3,(H,19,20). The van der Waals surface area contributed by atoms with Gasteiger partial charge in [0.25, 0.3) is 0 Å². The molecule has 0 fully saturated rings. The minimum atomic E-state index is -0.978. The highest BCUT2D eigenvalue weighted by Gasteiger charge is 2.14. The molecule has 2 rings (SSSR count). The van der Waals surface area contributed by atoms with Crippen molar-refractivity contribution in [1.29, 1.82) is 5.26 Å². The third kappa shape index (κ3) is 3.02. The van der Waals surface area contributed by atoms with Gasteiger partial charge < -0.3 is 10.4 Å². The second kappa shape index (κ2) is 5.99. The molecular weight excluding hydrogens is 256 g/mol. The lowest BCUT2D eigenvalue weighted by Gasteiger charge is -2.07. The Morgan fingerprint density at radius 3 is 2.70 bits per heavy atom. The van der Waals surface area contributed by atoms with E-state index >= 15 is 0 Å². The summed E-state index contributed by atoms with van der Waals surface area (Å²) in [5.74, 6) is -0.978. The average molecular weight is 270 g/mol. The average Bonchev–Trinajstić information content (AvgIpc) is 2.81. The first-order chi connectivity index (χ1) is 9.61. The number of carbonyl (C=O) groups is 1. The van der Waals surface area contributed by atoms with E-state index in [1.54, 1.807) is 23.9 Å². The van der Waals surface area contributed by atoms with Crippen molar-refractivity contribution in [2.24, 2.45) is 7.05 Å². The summed E-state index contributed by atoms with van der Waals surface area (Å²) in [5.41, 5.74) is 2.49. The molecule has 0 aliphatic rings. The fraction of sp³-hybridized carbons (Fsp3) is 0.214. The largest absolute Gasteiger partial charge is 0.478 e. The molecule has 0 amide bonds. The van der Waals surface area contributed by atoms with Crippen molar-refractivity contribution in [3.05, 3.63) is 52.8 Å². The molecule has 0 saturated heterocycles. The summed E-state index contributed by atoms with van der Waals surface area (Å²) >= 11 is 0. The van der Waals surface area contributed by atoms with Crippen molar-refractivity contribution in [2.75, 3.05) is 0 Å². The molecule has 6 heteroatoms. The first-order valence-corrected chi connectivity index (χ1v) is 6.05. The van der Waals surface area contributed by atoms with Crippen molar-refractivity contribution in [3.8, 4) is 6.07 Å². The van der Waals surface area contributed by atoms with E-state index in [4.69, 9.17) is 10.4 Å². The normalized spacial score (nSPS) is 10.2. The highest BCUT2D eigenvalue weighted by Crippen LogP contribution is 2.08. The van der Waals surface area contributed by atoms with Gasteiger partial charge in [0, 0.05) is 20.1 Å². The molecule has 0 saturated carbocycles. The third-order valence-electron chi connectivity index (χ3n) is 3.00. The van der Waals surface area contributed by atoms with E-state index < -0.39 is 5.97 Å². The number of aryl methyl sites for hydroxylation is 1. The fourth-order valence-electron chi connectivity index (χ4n) is 1.87. The Kier molecular flexibility index (Phi) is 4.13. The molecule has 0 atom stereocenters. The summed E-state index contributed by atoms with van der Waals surface area (Å²) in [4.78, 5) is 11.0. The number of aromatic carboxylic acids is 1. The molecule has 0 radical (unpaired) electrons. The summed E-state index contributed by atoms with van der Waals surface area (Å²) in [6.07, 6.45) is 1.35. The third-order valence-corrected chi connectivity index (χ3v) is 3.00. The Balaban J connectivity index is 1.97. The maximum Gasteiger partial charge on any atom is 0.339 e. The topological polar surface area (TPSA) is 90.9 Å². The lowest BCUT2D eigenvalue weighted by atomic mass is 10.1. The van der Waals surface area contributed by atoms with Gasteiger partial charge >= 0.3 is 5.97 Å². The molecule has 20 heavy (non-hydrogen) atoms. The van der Waals surface area contributed by atoms with E-state index in [-0.39, 0.29) is 5.56 Å². The molecule has 0 unspecified atom stereocenters. The summed E-state index contributed by atoms with van der Waals surface area (Å²) in [6.45, 7) is 1.01.